The lowest BCUT2D eigenvalue weighted by Crippen LogP contribution is -2.30. The van der Waals surface area contributed by atoms with E-state index in [1.165, 1.54) is 11.8 Å². The molecule has 0 fully saturated rings. The number of nitrogens with zero attached hydrogens (tertiary/aromatic N) is 3. The number of rotatable bonds is 3. The highest BCUT2D eigenvalue weighted by Crippen LogP contribution is 2.37. The molecule has 0 radical (unpaired) electrons. The second-order valence-corrected chi connectivity index (χ2v) is 6.65. The number of fused-ring (bicyclic) bond motifs is 1. The van der Waals surface area contributed by atoms with Gasteiger partial charge < -0.3 is 5.32 Å². The molecule has 0 spiro atoms. The number of ketones is 1. The maximum absolute atomic E-state index is 12.5. The van der Waals surface area contributed by atoms with E-state index in [0.717, 1.165) is 35.6 Å². The zero-order valence-corrected chi connectivity index (χ0v) is 14.2. The van der Waals surface area contributed by atoms with Crippen LogP contribution in [0.4, 0.5) is 5.95 Å². The van der Waals surface area contributed by atoms with Gasteiger partial charge >= 0.3 is 0 Å². The standard InChI is InChI=1S/C18H18N4OS/c1-24-18-20-17-19-13-8-5-9-15(23)16(13)14(22(17)21-18)11-10-12-6-3-2-4-7-12/h2-4,6-7,10-11,14H,5,8-9H2,1H3,(H,19,20,21). The maximum Gasteiger partial charge on any atom is 0.227 e. The predicted molar refractivity (Wildman–Crippen MR) is 95.8 cm³/mol. The van der Waals surface area contributed by atoms with E-state index in [9.17, 15) is 4.79 Å². The highest BCUT2D eigenvalue weighted by atomic mass is 32.2. The molecular formula is C18H18N4OS. The minimum atomic E-state index is -0.197. The van der Waals surface area contributed by atoms with E-state index in [1.54, 1.807) is 0 Å². The number of Topliss-reactive ketones (excluding diaryl/α,β-unsaturated/α-hetero) is 1. The summed E-state index contributed by atoms with van der Waals surface area (Å²) < 4.78 is 1.83. The maximum atomic E-state index is 12.5. The number of nitrogens with one attached hydrogen (secondary N) is 1. The van der Waals surface area contributed by atoms with Gasteiger partial charge in [-0.2, -0.15) is 4.98 Å². The molecular weight excluding hydrogens is 320 g/mol. The van der Waals surface area contributed by atoms with Crippen LogP contribution in [-0.4, -0.2) is 26.8 Å². The summed E-state index contributed by atoms with van der Waals surface area (Å²) in [4.78, 5) is 17.1. The van der Waals surface area contributed by atoms with Crippen molar-refractivity contribution in [3.8, 4) is 0 Å². The smallest absolute Gasteiger partial charge is 0.227 e. The third-order valence-electron chi connectivity index (χ3n) is 4.34. The summed E-state index contributed by atoms with van der Waals surface area (Å²) >= 11 is 1.50. The first-order chi connectivity index (χ1) is 11.8. The predicted octanol–water partition coefficient (Wildman–Crippen LogP) is 3.69. The summed E-state index contributed by atoms with van der Waals surface area (Å²) in [6.07, 6.45) is 8.44. The first-order valence-electron chi connectivity index (χ1n) is 8.03. The van der Waals surface area contributed by atoms with Crippen molar-refractivity contribution in [3.63, 3.8) is 0 Å². The van der Waals surface area contributed by atoms with Gasteiger partial charge in [0.15, 0.2) is 5.78 Å². The fourth-order valence-corrected chi connectivity index (χ4v) is 3.55. The largest absolute Gasteiger partial charge is 0.328 e. The van der Waals surface area contributed by atoms with Crippen molar-refractivity contribution in [3.05, 3.63) is 53.2 Å². The van der Waals surface area contributed by atoms with Crippen LogP contribution < -0.4 is 5.32 Å². The van der Waals surface area contributed by atoms with Crippen molar-refractivity contribution in [2.45, 2.75) is 30.5 Å². The summed E-state index contributed by atoms with van der Waals surface area (Å²) in [5.74, 6) is 0.925. The minimum Gasteiger partial charge on any atom is -0.328 e. The van der Waals surface area contributed by atoms with Crippen molar-refractivity contribution in [2.75, 3.05) is 11.6 Å². The van der Waals surface area contributed by atoms with Gasteiger partial charge in [-0.3, -0.25) is 4.79 Å². The number of benzene rings is 1. The normalized spacial score (nSPS) is 20.0. The number of hydrogen-bond acceptors (Lipinski definition) is 5. The van der Waals surface area contributed by atoms with Crippen LogP contribution in [0.3, 0.4) is 0 Å². The van der Waals surface area contributed by atoms with Gasteiger partial charge in [0.05, 0.1) is 0 Å². The monoisotopic (exact) mass is 338 g/mol. The zero-order valence-electron chi connectivity index (χ0n) is 13.4. The molecule has 0 saturated carbocycles. The number of carbonyl (C=O) groups excluding carboxylic acids is 1. The topological polar surface area (TPSA) is 59.8 Å². The third kappa shape index (κ3) is 2.67. The molecule has 0 bridgehead atoms. The minimum absolute atomic E-state index is 0.197. The Morgan fingerprint density at radius 1 is 1.29 bits per heavy atom. The summed E-state index contributed by atoms with van der Waals surface area (Å²) in [6.45, 7) is 0. The molecule has 0 saturated heterocycles. The average molecular weight is 338 g/mol. The van der Waals surface area contributed by atoms with Crippen LogP contribution >= 0.6 is 11.8 Å². The highest BCUT2D eigenvalue weighted by molar-refractivity contribution is 7.98. The van der Waals surface area contributed by atoms with E-state index in [-0.39, 0.29) is 11.8 Å². The molecule has 1 atom stereocenters. The van der Waals surface area contributed by atoms with E-state index in [1.807, 2.05) is 47.3 Å². The molecule has 6 heteroatoms. The van der Waals surface area contributed by atoms with Crippen LogP contribution in [-0.2, 0) is 4.79 Å². The Balaban J connectivity index is 1.78. The zero-order chi connectivity index (χ0) is 16.5. The molecule has 1 aliphatic heterocycles. The molecule has 1 unspecified atom stereocenters. The molecule has 0 amide bonds. The lowest BCUT2D eigenvalue weighted by Gasteiger charge is -2.30. The molecule has 122 valence electrons. The van der Waals surface area contributed by atoms with Gasteiger partial charge in [0.25, 0.3) is 0 Å². The van der Waals surface area contributed by atoms with Crippen LogP contribution in [0.2, 0.25) is 0 Å². The van der Waals surface area contributed by atoms with E-state index < -0.39 is 0 Å². The van der Waals surface area contributed by atoms with Gasteiger partial charge in [0, 0.05) is 17.7 Å². The summed E-state index contributed by atoms with van der Waals surface area (Å²) in [7, 11) is 0. The Hall–Kier alpha value is -2.34. The summed E-state index contributed by atoms with van der Waals surface area (Å²) in [6, 6.07) is 9.90. The van der Waals surface area contributed by atoms with Gasteiger partial charge in [0.2, 0.25) is 11.1 Å². The Bertz CT molecular complexity index is 838. The molecule has 2 heterocycles. The van der Waals surface area contributed by atoms with Crippen molar-refractivity contribution in [2.24, 2.45) is 0 Å². The molecule has 2 aliphatic rings. The molecule has 5 nitrogen and oxygen atoms in total. The van der Waals surface area contributed by atoms with Gasteiger partial charge in [-0.25, -0.2) is 4.68 Å². The first-order valence-corrected chi connectivity index (χ1v) is 9.26. The third-order valence-corrected chi connectivity index (χ3v) is 4.88. The average Bonchev–Trinajstić information content (AvgIpc) is 3.03. The number of aromatic nitrogens is 3. The van der Waals surface area contributed by atoms with Crippen molar-refractivity contribution >= 4 is 29.6 Å². The lowest BCUT2D eigenvalue weighted by molar-refractivity contribution is -0.116. The number of hydrogen-bond donors (Lipinski definition) is 1. The fourth-order valence-electron chi connectivity index (χ4n) is 3.21. The summed E-state index contributed by atoms with van der Waals surface area (Å²) in [5, 5.41) is 8.58. The van der Waals surface area contributed by atoms with Crippen molar-refractivity contribution in [1.29, 1.82) is 0 Å². The number of anilines is 1. The molecule has 1 aromatic heterocycles. The van der Waals surface area contributed by atoms with E-state index in [0.29, 0.717) is 11.6 Å². The van der Waals surface area contributed by atoms with E-state index in [2.05, 4.69) is 21.5 Å². The quantitative estimate of drug-likeness (QED) is 0.865. The van der Waals surface area contributed by atoms with E-state index >= 15 is 0 Å². The Kier molecular flexibility index (Phi) is 3.98. The second-order valence-electron chi connectivity index (χ2n) is 5.88. The van der Waals surface area contributed by atoms with Crippen LogP contribution in [0.25, 0.3) is 6.08 Å². The Labute approximate surface area is 144 Å². The van der Waals surface area contributed by atoms with E-state index in [4.69, 9.17) is 0 Å². The molecule has 1 N–H and O–H groups in total. The molecule has 24 heavy (non-hydrogen) atoms. The van der Waals surface area contributed by atoms with Gasteiger partial charge in [-0.15, -0.1) is 5.10 Å². The molecule has 2 aromatic rings. The molecule has 1 aromatic carbocycles. The van der Waals surface area contributed by atoms with Crippen LogP contribution in [0.5, 0.6) is 0 Å². The highest BCUT2D eigenvalue weighted by Gasteiger charge is 2.34. The van der Waals surface area contributed by atoms with Crippen molar-refractivity contribution < 1.29 is 4.79 Å². The van der Waals surface area contributed by atoms with Gasteiger partial charge in [-0.05, 0) is 24.7 Å². The van der Waals surface area contributed by atoms with Crippen LogP contribution in [0.15, 0.2) is 52.8 Å². The van der Waals surface area contributed by atoms with Gasteiger partial charge in [-0.1, -0.05) is 54.2 Å². The number of thioether (sulfide) groups is 1. The first kappa shape index (κ1) is 15.2. The number of allylic oxidation sites excluding steroid dienone is 3. The lowest BCUT2D eigenvalue weighted by atomic mass is 9.88. The van der Waals surface area contributed by atoms with Crippen LogP contribution in [0, 0.1) is 0 Å². The van der Waals surface area contributed by atoms with Crippen LogP contribution in [0.1, 0.15) is 30.9 Å². The second kappa shape index (κ2) is 6.28. The Morgan fingerprint density at radius 3 is 2.92 bits per heavy atom. The summed E-state index contributed by atoms with van der Waals surface area (Å²) in [5.41, 5.74) is 2.94. The van der Waals surface area contributed by atoms with Gasteiger partial charge in [0.1, 0.15) is 6.04 Å². The fraction of sp³-hybridized carbons (Fsp3) is 0.278. The van der Waals surface area contributed by atoms with Crippen molar-refractivity contribution in [1.82, 2.24) is 14.8 Å². The molecule has 4 rings (SSSR count). The number of carbonyl (C=O) groups is 1. The Morgan fingerprint density at radius 2 is 2.12 bits per heavy atom. The molecule has 1 aliphatic carbocycles. The SMILES string of the molecule is CSc1nc2n(n1)C(C=Cc1ccccc1)C1=C(CCCC1=O)N2.